The standard InChI is InChI=1S/C15H16N2O2/c1-3-19-15(18)12-5-8-13(9-6-12)17-14-7-4-11(2)16-10-14/h4-10,17H,3H2,1-2H3. The molecule has 1 heterocycles. The summed E-state index contributed by atoms with van der Waals surface area (Å²) in [7, 11) is 0. The minimum absolute atomic E-state index is 0.300. The maximum atomic E-state index is 11.5. The normalized spacial score (nSPS) is 10.0. The van der Waals surface area contributed by atoms with Crippen molar-refractivity contribution in [3.05, 3.63) is 53.9 Å². The van der Waals surface area contributed by atoms with Gasteiger partial charge in [0.2, 0.25) is 0 Å². The molecule has 0 atom stereocenters. The minimum atomic E-state index is -0.300. The molecule has 1 N–H and O–H groups in total. The third kappa shape index (κ3) is 3.55. The lowest BCUT2D eigenvalue weighted by molar-refractivity contribution is 0.0526. The Bertz CT molecular complexity index is 547. The van der Waals surface area contributed by atoms with Gasteiger partial charge in [-0.15, -0.1) is 0 Å². The zero-order valence-corrected chi connectivity index (χ0v) is 11.0. The number of benzene rings is 1. The van der Waals surface area contributed by atoms with Crippen molar-refractivity contribution in [2.75, 3.05) is 11.9 Å². The molecule has 4 heteroatoms. The molecule has 0 bridgehead atoms. The van der Waals surface area contributed by atoms with Crippen molar-refractivity contribution in [1.82, 2.24) is 4.98 Å². The van der Waals surface area contributed by atoms with Gasteiger partial charge in [0, 0.05) is 11.4 Å². The number of nitrogens with zero attached hydrogens (tertiary/aromatic N) is 1. The molecule has 19 heavy (non-hydrogen) atoms. The van der Waals surface area contributed by atoms with Crippen molar-refractivity contribution in [3.8, 4) is 0 Å². The fraction of sp³-hybridized carbons (Fsp3) is 0.200. The number of carbonyl (C=O) groups excluding carboxylic acids is 1. The van der Waals surface area contributed by atoms with E-state index in [1.54, 1.807) is 25.3 Å². The fourth-order valence-electron chi connectivity index (χ4n) is 1.61. The molecule has 0 radical (unpaired) electrons. The van der Waals surface area contributed by atoms with Gasteiger partial charge in [-0.05, 0) is 50.2 Å². The molecular formula is C15H16N2O2. The average Bonchev–Trinajstić information content (AvgIpc) is 2.42. The summed E-state index contributed by atoms with van der Waals surface area (Å²) < 4.78 is 4.93. The summed E-state index contributed by atoms with van der Waals surface area (Å²) >= 11 is 0. The van der Waals surface area contributed by atoms with Crippen molar-refractivity contribution >= 4 is 17.3 Å². The van der Waals surface area contributed by atoms with Crippen molar-refractivity contribution in [2.45, 2.75) is 13.8 Å². The SMILES string of the molecule is CCOC(=O)c1ccc(Nc2ccc(C)nc2)cc1. The van der Waals surface area contributed by atoms with Crippen LogP contribution in [0.5, 0.6) is 0 Å². The number of pyridine rings is 1. The summed E-state index contributed by atoms with van der Waals surface area (Å²) in [5.74, 6) is -0.300. The number of hydrogen-bond acceptors (Lipinski definition) is 4. The molecular weight excluding hydrogens is 240 g/mol. The molecule has 0 saturated carbocycles. The van der Waals surface area contributed by atoms with Crippen molar-refractivity contribution in [3.63, 3.8) is 0 Å². The van der Waals surface area contributed by atoms with Crippen LogP contribution in [-0.4, -0.2) is 17.6 Å². The molecule has 0 unspecified atom stereocenters. The van der Waals surface area contributed by atoms with Crippen molar-refractivity contribution < 1.29 is 9.53 Å². The summed E-state index contributed by atoms with van der Waals surface area (Å²) in [5, 5.41) is 3.21. The van der Waals surface area contributed by atoms with E-state index >= 15 is 0 Å². The Hall–Kier alpha value is -2.36. The number of aryl methyl sites for hydroxylation is 1. The molecule has 0 aliphatic carbocycles. The Kier molecular flexibility index (Phi) is 4.13. The van der Waals surface area contributed by atoms with Gasteiger partial charge in [0.05, 0.1) is 24.1 Å². The Morgan fingerprint density at radius 1 is 1.16 bits per heavy atom. The highest BCUT2D eigenvalue weighted by molar-refractivity contribution is 5.89. The smallest absolute Gasteiger partial charge is 0.338 e. The first-order valence-electron chi connectivity index (χ1n) is 6.16. The van der Waals surface area contributed by atoms with Crippen LogP contribution in [0.25, 0.3) is 0 Å². The Morgan fingerprint density at radius 3 is 2.42 bits per heavy atom. The van der Waals surface area contributed by atoms with Gasteiger partial charge in [0.15, 0.2) is 0 Å². The van der Waals surface area contributed by atoms with E-state index in [0.717, 1.165) is 17.1 Å². The molecule has 2 rings (SSSR count). The van der Waals surface area contributed by atoms with Crippen LogP contribution in [-0.2, 0) is 4.74 Å². The number of rotatable bonds is 4. The summed E-state index contributed by atoms with van der Waals surface area (Å²) in [6.45, 7) is 4.12. The van der Waals surface area contributed by atoms with Crippen LogP contribution in [0.4, 0.5) is 11.4 Å². The Balaban J connectivity index is 2.06. The first-order chi connectivity index (χ1) is 9.19. The number of anilines is 2. The van der Waals surface area contributed by atoms with Crippen LogP contribution in [0.3, 0.4) is 0 Å². The van der Waals surface area contributed by atoms with E-state index in [-0.39, 0.29) is 5.97 Å². The topological polar surface area (TPSA) is 51.2 Å². The molecule has 0 saturated heterocycles. The van der Waals surface area contributed by atoms with Gasteiger partial charge in [-0.2, -0.15) is 0 Å². The summed E-state index contributed by atoms with van der Waals surface area (Å²) in [6, 6.07) is 11.1. The van der Waals surface area contributed by atoms with E-state index in [1.807, 2.05) is 31.2 Å². The second-order valence-corrected chi connectivity index (χ2v) is 4.11. The molecule has 4 nitrogen and oxygen atoms in total. The largest absolute Gasteiger partial charge is 0.462 e. The second-order valence-electron chi connectivity index (χ2n) is 4.11. The number of carbonyl (C=O) groups is 1. The maximum Gasteiger partial charge on any atom is 0.338 e. The van der Waals surface area contributed by atoms with Gasteiger partial charge in [-0.1, -0.05) is 0 Å². The average molecular weight is 256 g/mol. The maximum absolute atomic E-state index is 11.5. The number of nitrogens with one attached hydrogen (secondary N) is 1. The monoisotopic (exact) mass is 256 g/mol. The van der Waals surface area contributed by atoms with Crippen LogP contribution in [0.2, 0.25) is 0 Å². The van der Waals surface area contributed by atoms with Gasteiger partial charge in [-0.3, -0.25) is 4.98 Å². The van der Waals surface area contributed by atoms with Gasteiger partial charge in [0.25, 0.3) is 0 Å². The second kappa shape index (κ2) is 6.00. The molecule has 1 aromatic heterocycles. The highest BCUT2D eigenvalue weighted by Crippen LogP contribution is 2.16. The zero-order valence-electron chi connectivity index (χ0n) is 11.0. The van der Waals surface area contributed by atoms with Gasteiger partial charge < -0.3 is 10.1 Å². The van der Waals surface area contributed by atoms with E-state index in [0.29, 0.717) is 12.2 Å². The molecule has 0 aliphatic heterocycles. The van der Waals surface area contributed by atoms with Gasteiger partial charge in [-0.25, -0.2) is 4.79 Å². The predicted octanol–water partition coefficient (Wildman–Crippen LogP) is 3.31. The summed E-state index contributed by atoms with van der Waals surface area (Å²) in [6.07, 6.45) is 1.77. The molecule has 0 amide bonds. The van der Waals surface area contributed by atoms with Crippen LogP contribution >= 0.6 is 0 Å². The number of esters is 1. The minimum Gasteiger partial charge on any atom is -0.462 e. The Labute approximate surface area is 112 Å². The predicted molar refractivity (Wildman–Crippen MR) is 74.7 cm³/mol. The van der Waals surface area contributed by atoms with E-state index in [1.165, 1.54) is 0 Å². The molecule has 0 spiro atoms. The summed E-state index contributed by atoms with van der Waals surface area (Å²) in [4.78, 5) is 15.7. The van der Waals surface area contributed by atoms with Crippen LogP contribution in [0.1, 0.15) is 23.0 Å². The lowest BCUT2D eigenvalue weighted by Crippen LogP contribution is -2.04. The lowest BCUT2D eigenvalue weighted by atomic mass is 10.2. The molecule has 1 aromatic carbocycles. The highest BCUT2D eigenvalue weighted by Gasteiger charge is 2.05. The van der Waals surface area contributed by atoms with E-state index in [9.17, 15) is 4.79 Å². The molecule has 0 fully saturated rings. The molecule has 2 aromatic rings. The third-order valence-electron chi connectivity index (χ3n) is 2.60. The first-order valence-corrected chi connectivity index (χ1v) is 6.16. The quantitative estimate of drug-likeness (QED) is 0.853. The third-order valence-corrected chi connectivity index (χ3v) is 2.60. The zero-order chi connectivity index (χ0) is 13.7. The number of ether oxygens (including phenoxy) is 1. The van der Waals surface area contributed by atoms with Gasteiger partial charge >= 0.3 is 5.97 Å². The fourth-order valence-corrected chi connectivity index (χ4v) is 1.61. The van der Waals surface area contributed by atoms with Crippen molar-refractivity contribution in [1.29, 1.82) is 0 Å². The van der Waals surface area contributed by atoms with Crippen LogP contribution in [0, 0.1) is 6.92 Å². The molecule has 0 aliphatic rings. The van der Waals surface area contributed by atoms with Crippen molar-refractivity contribution in [2.24, 2.45) is 0 Å². The molecule has 98 valence electrons. The van der Waals surface area contributed by atoms with E-state index in [2.05, 4.69) is 10.3 Å². The van der Waals surface area contributed by atoms with Crippen LogP contribution in [0.15, 0.2) is 42.6 Å². The van der Waals surface area contributed by atoms with E-state index < -0.39 is 0 Å². The first kappa shape index (κ1) is 13.1. The number of aromatic nitrogens is 1. The van der Waals surface area contributed by atoms with Crippen LogP contribution < -0.4 is 5.32 Å². The van der Waals surface area contributed by atoms with Gasteiger partial charge in [0.1, 0.15) is 0 Å². The number of hydrogen-bond donors (Lipinski definition) is 1. The lowest BCUT2D eigenvalue weighted by Gasteiger charge is -2.07. The highest BCUT2D eigenvalue weighted by atomic mass is 16.5. The van der Waals surface area contributed by atoms with E-state index in [4.69, 9.17) is 4.74 Å². The summed E-state index contributed by atoms with van der Waals surface area (Å²) in [5.41, 5.74) is 3.34. The Morgan fingerprint density at radius 2 is 1.84 bits per heavy atom.